The molecular formula is C55H54BCuN7OS. The van der Waals surface area contributed by atoms with E-state index in [0.29, 0.717) is 0 Å². The quantitative estimate of drug-likeness (QED) is 0.0558. The summed E-state index contributed by atoms with van der Waals surface area (Å²) in [6.45, 7) is 19.4. The Hall–Kier alpha value is -6.52. The summed E-state index contributed by atoms with van der Waals surface area (Å²) in [5.74, 6) is 0. The molecule has 0 unspecified atom stereocenters. The molecule has 335 valence electrons. The predicted octanol–water partition coefficient (Wildman–Crippen LogP) is 13.4. The van der Waals surface area contributed by atoms with Gasteiger partial charge in [0.15, 0.2) is 0 Å². The van der Waals surface area contributed by atoms with Gasteiger partial charge in [-0.2, -0.15) is 0 Å². The Morgan fingerprint density at radius 2 is 0.682 bits per heavy atom. The first-order valence-corrected chi connectivity index (χ1v) is 22.7. The molecule has 6 aromatic carbocycles. The maximum absolute atomic E-state index is 11.3. The molecule has 9 rings (SSSR count). The molecule has 8 nitrogen and oxygen atoms in total. The first-order valence-electron chi connectivity index (χ1n) is 22.0. The minimum absolute atomic E-state index is 0. The van der Waals surface area contributed by atoms with Crippen LogP contribution in [0.3, 0.4) is 0 Å². The molecule has 0 aliphatic heterocycles. The molecule has 0 bridgehead atoms. The summed E-state index contributed by atoms with van der Waals surface area (Å²) in [6.07, 6.45) is 6.10. The van der Waals surface area contributed by atoms with Gasteiger partial charge in [-0.25, -0.2) is 15.3 Å². The van der Waals surface area contributed by atoms with Crippen molar-refractivity contribution in [2.75, 3.05) is 0 Å². The van der Waals surface area contributed by atoms with Crippen LogP contribution in [0.2, 0.25) is 0 Å². The van der Waals surface area contributed by atoms with Crippen molar-refractivity contribution >= 4 is 19.1 Å². The summed E-state index contributed by atoms with van der Waals surface area (Å²) < 4.78 is 8.46. The van der Waals surface area contributed by atoms with Gasteiger partial charge in [0.05, 0.1) is 17.1 Å². The number of hydrogen-bond acceptors (Lipinski definition) is 6. The Balaban J connectivity index is 0.000000237. The Labute approximate surface area is 404 Å². The Kier molecular flexibility index (Phi) is 14.6. The van der Waals surface area contributed by atoms with Crippen molar-refractivity contribution in [2.24, 2.45) is 4.58 Å². The van der Waals surface area contributed by atoms with Crippen LogP contribution in [-0.2, 0) is 21.8 Å². The van der Waals surface area contributed by atoms with Crippen LogP contribution in [-0.4, -0.2) is 36.2 Å². The van der Waals surface area contributed by atoms with Crippen molar-refractivity contribution in [2.45, 2.75) is 67.1 Å². The molecule has 1 radical (unpaired) electrons. The second-order valence-electron chi connectivity index (χ2n) is 17.2. The summed E-state index contributed by atoms with van der Waals surface area (Å²) in [7, 11) is -0.431. The molecule has 9 aromatic rings. The maximum atomic E-state index is 11.3. The first kappa shape index (κ1) is 47.4. The minimum Gasteiger partial charge on any atom is -0.424 e. The molecule has 0 aliphatic rings. The molecular weight excluding hydrogens is 881 g/mol. The van der Waals surface area contributed by atoms with Crippen molar-refractivity contribution in [3.8, 4) is 33.8 Å². The van der Waals surface area contributed by atoms with E-state index >= 15 is 0 Å². The van der Waals surface area contributed by atoms with E-state index in [-0.39, 0.29) is 17.1 Å². The number of aryl methyl sites for hydroxylation is 9. The smallest absolute Gasteiger partial charge is 0.424 e. The van der Waals surface area contributed by atoms with Gasteiger partial charge in [0.1, 0.15) is 4.75 Å². The van der Waals surface area contributed by atoms with Gasteiger partial charge in [-0.15, -0.1) is 4.91 Å². The second kappa shape index (κ2) is 20.3. The van der Waals surface area contributed by atoms with Crippen LogP contribution in [0.4, 0.5) is 0 Å². The van der Waals surface area contributed by atoms with Crippen molar-refractivity contribution in [1.82, 2.24) is 29.1 Å². The number of hydrogen-bond donors (Lipinski definition) is 0. The van der Waals surface area contributed by atoms with Crippen molar-refractivity contribution in [1.29, 1.82) is 0 Å². The average molecular weight is 936 g/mol. The van der Waals surface area contributed by atoms with Crippen molar-refractivity contribution in [3.05, 3.63) is 236 Å². The molecule has 0 fully saturated rings. The predicted molar refractivity (Wildman–Crippen MR) is 270 cm³/mol. The molecule has 0 amide bonds. The van der Waals surface area contributed by atoms with Crippen LogP contribution < -0.4 is 0 Å². The van der Waals surface area contributed by atoms with Crippen LogP contribution in [0, 0.1) is 67.2 Å². The van der Waals surface area contributed by atoms with Gasteiger partial charge in [0, 0.05) is 33.2 Å². The van der Waals surface area contributed by atoms with Gasteiger partial charge in [0.2, 0.25) is 0 Å². The normalized spacial score (nSPS) is 11.2. The zero-order chi connectivity index (χ0) is 45.8. The van der Waals surface area contributed by atoms with E-state index < -0.39 is 11.9 Å². The standard InChI is InChI=1S/C36H39BN6.C19H15NOS.Cu/c1-22-16-25(4)34(26(5)17-22)31-10-13-41(38-31)37(42-14-11-32(39-42)35-27(6)18-23(2)19-28(35)7)43-15-12-33(40-43)36-29(8)20-24(3)21-30(36)9;21-20-22-19(16-10-4-1-5-11-16,17-12-6-2-7-13-17)18-14-8-3-9-15-18;/h10-21H,1-9H3;1-15H;/q-1;;+1. The van der Waals surface area contributed by atoms with Gasteiger partial charge >= 0.3 is 17.1 Å². The summed E-state index contributed by atoms with van der Waals surface area (Å²) in [5.41, 5.74) is 20.5. The topological polar surface area (TPSA) is 82.9 Å². The van der Waals surface area contributed by atoms with Gasteiger partial charge in [-0.1, -0.05) is 144 Å². The molecule has 11 heteroatoms. The van der Waals surface area contributed by atoms with Gasteiger partial charge < -0.3 is 13.8 Å². The summed E-state index contributed by atoms with van der Waals surface area (Å²) in [6, 6.07) is 49.7. The van der Waals surface area contributed by atoms with E-state index in [1.165, 1.54) is 66.8 Å². The fourth-order valence-corrected chi connectivity index (χ4v) is 10.5. The van der Waals surface area contributed by atoms with Crippen molar-refractivity contribution < 1.29 is 17.1 Å². The van der Waals surface area contributed by atoms with E-state index in [1.807, 2.05) is 123 Å². The van der Waals surface area contributed by atoms with Crippen LogP contribution in [0.1, 0.15) is 66.8 Å². The number of nitrogens with zero attached hydrogens (tertiary/aromatic N) is 7. The number of benzene rings is 6. The molecule has 0 aliphatic carbocycles. The summed E-state index contributed by atoms with van der Waals surface area (Å²) in [5, 5.41) is 15.4. The molecule has 0 saturated carbocycles. The third kappa shape index (κ3) is 9.56. The first-order chi connectivity index (χ1) is 31.4. The van der Waals surface area contributed by atoms with Crippen LogP contribution in [0.15, 0.2) is 169 Å². The van der Waals surface area contributed by atoms with Crippen LogP contribution in [0.5, 0.6) is 0 Å². The molecule has 0 spiro atoms. The van der Waals surface area contributed by atoms with E-state index in [0.717, 1.165) is 45.7 Å². The van der Waals surface area contributed by atoms with Crippen molar-refractivity contribution in [3.63, 3.8) is 0 Å². The maximum Gasteiger partial charge on any atom is 1.00 e. The molecule has 66 heavy (non-hydrogen) atoms. The van der Waals surface area contributed by atoms with E-state index in [1.54, 1.807) is 0 Å². The third-order valence-corrected chi connectivity index (χ3v) is 13.1. The Bertz CT molecular complexity index is 2710. The molecule has 0 N–H and O–H groups in total. The Morgan fingerprint density at radius 3 is 0.924 bits per heavy atom. The fraction of sp³-hybridized carbons (Fsp3) is 0.182. The molecule has 0 saturated heterocycles. The third-order valence-electron chi connectivity index (χ3n) is 12.0. The number of aromatic nitrogens is 6. The number of rotatable bonds is 11. The van der Waals surface area contributed by atoms with E-state index in [2.05, 4.69) is 121 Å². The molecule has 3 heterocycles. The van der Waals surface area contributed by atoms with Crippen LogP contribution in [0.25, 0.3) is 33.8 Å². The minimum atomic E-state index is -0.633. The summed E-state index contributed by atoms with van der Waals surface area (Å²) in [4.78, 5) is 11.3. The van der Waals surface area contributed by atoms with E-state index in [4.69, 9.17) is 15.3 Å². The summed E-state index contributed by atoms with van der Waals surface area (Å²) >= 11 is 1.05. The van der Waals surface area contributed by atoms with Crippen LogP contribution >= 0.6 is 11.9 Å². The van der Waals surface area contributed by atoms with E-state index in [9.17, 15) is 4.91 Å². The zero-order valence-corrected chi connectivity index (χ0v) is 40.7. The average Bonchev–Trinajstić information content (AvgIpc) is 4.07. The number of nitroso groups, excluding NO2 is 1. The monoisotopic (exact) mass is 934 g/mol. The van der Waals surface area contributed by atoms with Gasteiger partial charge in [-0.3, -0.25) is 0 Å². The van der Waals surface area contributed by atoms with Gasteiger partial charge in [0.25, 0.3) is 7.12 Å². The Morgan fingerprint density at radius 1 is 0.424 bits per heavy atom. The molecule has 0 atom stereocenters. The SMILES string of the molecule is Cc1cc(C)c(-c2ccn([B-](n3ccc(-c4c(C)cc(C)cc4C)n3)n3ccc(-c4c(C)cc(C)cc4C)n3)n2)c(C)c1.O=NSC(c1ccccc1)(c1ccccc1)c1ccccc1.[Cu+]. The molecule has 3 aromatic heterocycles. The largest absolute Gasteiger partial charge is 1.00 e. The second-order valence-corrected chi connectivity index (χ2v) is 18.1. The van der Waals surface area contributed by atoms with Gasteiger partial charge in [-0.05, 0) is 149 Å². The fourth-order valence-electron chi connectivity index (χ4n) is 9.65. The zero-order valence-electron chi connectivity index (χ0n) is 38.9.